The van der Waals surface area contributed by atoms with Crippen molar-refractivity contribution in [3.8, 4) is 11.3 Å². The molecule has 0 spiro atoms. The van der Waals surface area contributed by atoms with Gasteiger partial charge in [-0.1, -0.05) is 30.3 Å². The van der Waals surface area contributed by atoms with E-state index in [1.165, 1.54) is 0 Å². The highest BCUT2D eigenvalue weighted by molar-refractivity contribution is 7.89. The van der Waals surface area contributed by atoms with E-state index < -0.39 is 10.0 Å². The molecule has 152 valence electrons. The fraction of sp³-hybridized carbons (Fsp3) is 0.350. The standard InChI is InChI=1S/C20H24N6O2S/c1-3-26-14-19(15(2)23-26)29(27,28)24-17-10-12-25(13-17)20-21-11-9-18(22-20)16-7-5-4-6-8-16/h4-9,11,14,17,24H,3,10,12-13H2,1-2H3. The minimum Gasteiger partial charge on any atom is -0.339 e. The topological polar surface area (TPSA) is 93.0 Å². The van der Waals surface area contributed by atoms with Gasteiger partial charge in [-0.05, 0) is 26.3 Å². The van der Waals surface area contributed by atoms with Gasteiger partial charge < -0.3 is 4.90 Å². The molecule has 3 aromatic rings. The molecule has 4 rings (SSSR count). The third-order valence-corrected chi connectivity index (χ3v) is 6.64. The first-order chi connectivity index (χ1) is 14.0. The zero-order valence-corrected chi connectivity index (χ0v) is 17.3. The zero-order valence-electron chi connectivity index (χ0n) is 16.5. The first kappa shape index (κ1) is 19.5. The lowest BCUT2D eigenvalue weighted by Gasteiger charge is -2.17. The average molecular weight is 413 g/mol. The lowest BCUT2D eigenvalue weighted by Crippen LogP contribution is -2.37. The molecule has 3 heterocycles. The zero-order chi connectivity index (χ0) is 20.4. The molecule has 29 heavy (non-hydrogen) atoms. The molecule has 0 aliphatic carbocycles. The van der Waals surface area contributed by atoms with E-state index in [4.69, 9.17) is 0 Å². The van der Waals surface area contributed by atoms with E-state index >= 15 is 0 Å². The fourth-order valence-corrected chi connectivity index (χ4v) is 4.97. The fourth-order valence-electron chi connectivity index (χ4n) is 3.52. The monoisotopic (exact) mass is 412 g/mol. The summed E-state index contributed by atoms with van der Waals surface area (Å²) in [5, 5.41) is 4.24. The second-order valence-corrected chi connectivity index (χ2v) is 8.78. The molecular weight excluding hydrogens is 388 g/mol. The van der Waals surface area contributed by atoms with Gasteiger partial charge in [0, 0.05) is 43.6 Å². The normalized spacial score (nSPS) is 17.0. The number of anilines is 1. The van der Waals surface area contributed by atoms with Gasteiger partial charge in [0.2, 0.25) is 16.0 Å². The van der Waals surface area contributed by atoms with Crippen LogP contribution in [0, 0.1) is 6.92 Å². The Morgan fingerprint density at radius 1 is 1.21 bits per heavy atom. The van der Waals surface area contributed by atoms with Gasteiger partial charge in [0.25, 0.3) is 0 Å². The molecule has 1 atom stereocenters. The number of aromatic nitrogens is 4. The van der Waals surface area contributed by atoms with E-state index in [2.05, 4.69) is 19.8 Å². The van der Waals surface area contributed by atoms with Gasteiger partial charge in [-0.15, -0.1) is 0 Å². The second kappa shape index (κ2) is 7.92. The molecular formula is C20H24N6O2S. The molecule has 2 aromatic heterocycles. The number of benzene rings is 1. The minimum atomic E-state index is -3.62. The highest BCUT2D eigenvalue weighted by Crippen LogP contribution is 2.22. The minimum absolute atomic E-state index is 0.201. The molecule has 1 N–H and O–H groups in total. The van der Waals surface area contributed by atoms with Crippen molar-refractivity contribution >= 4 is 16.0 Å². The maximum atomic E-state index is 12.8. The molecule has 0 saturated carbocycles. The van der Waals surface area contributed by atoms with Crippen LogP contribution in [0.5, 0.6) is 0 Å². The van der Waals surface area contributed by atoms with E-state index in [0.29, 0.717) is 37.7 Å². The Kier molecular flexibility index (Phi) is 5.33. The van der Waals surface area contributed by atoms with Crippen molar-refractivity contribution in [3.05, 3.63) is 54.5 Å². The van der Waals surface area contributed by atoms with Gasteiger partial charge in [-0.3, -0.25) is 4.68 Å². The molecule has 1 aromatic carbocycles. The second-order valence-electron chi connectivity index (χ2n) is 7.10. The third-order valence-electron chi connectivity index (χ3n) is 5.02. The van der Waals surface area contributed by atoms with Gasteiger partial charge in [0.1, 0.15) is 4.90 Å². The quantitative estimate of drug-likeness (QED) is 0.667. The summed E-state index contributed by atoms with van der Waals surface area (Å²) in [6.45, 7) is 5.49. The molecule has 0 amide bonds. The first-order valence-electron chi connectivity index (χ1n) is 9.66. The van der Waals surface area contributed by atoms with Crippen molar-refractivity contribution in [2.45, 2.75) is 37.8 Å². The van der Waals surface area contributed by atoms with E-state index in [1.54, 1.807) is 24.0 Å². The molecule has 1 aliphatic heterocycles. The van der Waals surface area contributed by atoms with Crippen LogP contribution in [0.3, 0.4) is 0 Å². The molecule has 1 unspecified atom stereocenters. The van der Waals surface area contributed by atoms with Gasteiger partial charge in [0.05, 0.1) is 11.4 Å². The van der Waals surface area contributed by atoms with Crippen molar-refractivity contribution in [2.24, 2.45) is 0 Å². The highest BCUT2D eigenvalue weighted by Gasteiger charge is 2.30. The number of hydrogen-bond donors (Lipinski definition) is 1. The van der Waals surface area contributed by atoms with Crippen LogP contribution in [0.1, 0.15) is 19.0 Å². The number of rotatable bonds is 6. The molecule has 1 saturated heterocycles. The lowest BCUT2D eigenvalue weighted by molar-refractivity contribution is 0.560. The summed E-state index contributed by atoms with van der Waals surface area (Å²) < 4.78 is 30.1. The summed E-state index contributed by atoms with van der Waals surface area (Å²) in [7, 11) is -3.62. The Balaban J connectivity index is 1.47. The van der Waals surface area contributed by atoms with Crippen molar-refractivity contribution in [2.75, 3.05) is 18.0 Å². The SMILES string of the molecule is CCn1cc(S(=O)(=O)NC2CCN(c3nccc(-c4ccccc4)n3)C2)c(C)n1. The van der Waals surface area contributed by atoms with Crippen LogP contribution in [-0.2, 0) is 16.6 Å². The van der Waals surface area contributed by atoms with Gasteiger partial charge in [-0.2, -0.15) is 5.10 Å². The predicted octanol–water partition coefficient (Wildman–Crippen LogP) is 2.23. The summed E-state index contributed by atoms with van der Waals surface area (Å²) in [5.41, 5.74) is 2.38. The Morgan fingerprint density at radius 2 is 2.00 bits per heavy atom. The van der Waals surface area contributed by atoms with Gasteiger partial charge in [0.15, 0.2) is 0 Å². The Morgan fingerprint density at radius 3 is 2.72 bits per heavy atom. The maximum Gasteiger partial charge on any atom is 0.244 e. The Labute approximate surface area is 170 Å². The maximum absolute atomic E-state index is 12.8. The third kappa shape index (κ3) is 4.15. The van der Waals surface area contributed by atoms with Crippen LogP contribution < -0.4 is 9.62 Å². The number of nitrogens with zero attached hydrogens (tertiary/aromatic N) is 5. The predicted molar refractivity (Wildman–Crippen MR) is 111 cm³/mol. The number of sulfonamides is 1. The number of nitrogens with one attached hydrogen (secondary N) is 1. The molecule has 1 fully saturated rings. The van der Waals surface area contributed by atoms with Crippen LogP contribution >= 0.6 is 0 Å². The van der Waals surface area contributed by atoms with E-state index in [0.717, 1.165) is 11.3 Å². The first-order valence-corrected chi connectivity index (χ1v) is 11.1. The summed E-state index contributed by atoms with van der Waals surface area (Å²) >= 11 is 0. The number of aryl methyl sites for hydroxylation is 2. The van der Waals surface area contributed by atoms with Crippen LogP contribution in [0.4, 0.5) is 5.95 Å². The molecule has 1 aliphatic rings. The molecule has 8 nitrogen and oxygen atoms in total. The van der Waals surface area contributed by atoms with Crippen LogP contribution in [0.15, 0.2) is 53.7 Å². The van der Waals surface area contributed by atoms with E-state index in [1.807, 2.05) is 48.2 Å². The van der Waals surface area contributed by atoms with Crippen molar-refractivity contribution in [3.63, 3.8) is 0 Å². The van der Waals surface area contributed by atoms with Crippen molar-refractivity contribution < 1.29 is 8.42 Å². The summed E-state index contributed by atoms with van der Waals surface area (Å²) in [5.74, 6) is 0.614. The van der Waals surface area contributed by atoms with E-state index in [9.17, 15) is 8.42 Å². The Bertz CT molecular complexity index is 1100. The molecule has 0 radical (unpaired) electrons. The van der Waals surface area contributed by atoms with E-state index in [-0.39, 0.29) is 10.9 Å². The summed E-state index contributed by atoms with van der Waals surface area (Å²) in [4.78, 5) is 11.3. The van der Waals surface area contributed by atoms with Crippen molar-refractivity contribution in [1.29, 1.82) is 0 Å². The smallest absolute Gasteiger partial charge is 0.244 e. The molecule has 9 heteroatoms. The van der Waals surface area contributed by atoms with Gasteiger partial charge in [-0.25, -0.2) is 23.1 Å². The summed E-state index contributed by atoms with van der Waals surface area (Å²) in [6, 6.07) is 11.6. The Hall–Kier alpha value is -2.78. The summed E-state index contributed by atoms with van der Waals surface area (Å²) in [6.07, 6.45) is 4.01. The van der Waals surface area contributed by atoms with Gasteiger partial charge >= 0.3 is 0 Å². The lowest BCUT2D eigenvalue weighted by atomic mass is 10.1. The van der Waals surface area contributed by atoms with Crippen LogP contribution in [0.25, 0.3) is 11.3 Å². The number of hydrogen-bond acceptors (Lipinski definition) is 6. The van der Waals surface area contributed by atoms with Crippen LogP contribution in [0.2, 0.25) is 0 Å². The van der Waals surface area contributed by atoms with Crippen LogP contribution in [-0.4, -0.2) is 47.3 Å². The highest BCUT2D eigenvalue weighted by atomic mass is 32.2. The van der Waals surface area contributed by atoms with Crippen molar-refractivity contribution in [1.82, 2.24) is 24.5 Å². The average Bonchev–Trinajstić information content (AvgIpc) is 3.35. The molecule has 0 bridgehead atoms. The largest absolute Gasteiger partial charge is 0.339 e.